The number of aliphatic hydroxyl groups is 1. The molecule has 0 bridgehead atoms. The quantitative estimate of drug-likeness (QED) is 0.846. The van der Waals surface area contributed by atoms with Gasteiger partial charge in [0.1, 0.15) is 0 Å². The lowest BCUT2D eigenvalue weighted by molar-refractivity contribution is -0.135. The predicted octanol–water partition coefficient (Wildman–Crippen LogP) is 2.02. The zero-order valence-corrected chi connectivity index (χ0v) is 11.6. The summed E-state index contributed by atoms with van der Waals surface area (Å²) < 4.78 is 5.20. The first-order chi connectivity index (χ1) is 8.06. The molecule has 1 aliphatic heterocycles. The van der Waals surface area contributed by atoms with Crippen LogP contribution in [0.2, 0.25) is 0 Å². The molecule has 96 valence electrons. The molecule has 1 aromatic rings. The summed E-state index contributed by atoms with van der Waals surface area (Å²) in [4.78, 5) is 2.74. The molecule has 2 N–H and O–H groups in total. The van der Waals surface area contributed by atoms with Gasteiger partial charge in [0.05, 0.1) is 25.2 Å². The Labute approximate surface area is 107 Å². The van der Waals surface area contributed by atoms with Crippen LogP contribution < -0.4 is 5.32 Å². The zero-order valence-electron chi connectivity index (χ0n) is 10.7. The molecular weight excluding hydrogens is 234 g/mol. The molecular formula is C13H21NO2S. The Hall–Kier alpha value is -0.420. The molecule has 1 unspecified atom stereocenters. The Bertz CT molecular complexity index is 379. The number of aryl methyl sites for hydroxylation is 2. The van der Waals surface area contributed by atoms with Gasteiger partial charge in [-0.3, -0.25) is 0 Å². The van der Waals surface area contributed by atoms with Crippen LogP contribution in [0, 0.1) is 19.3 Å². The molecule has 0 saturated carbocycles. The summed E-state index contributed by atoms with van der Waals surface area (Å²) in [6.07, 6.45) is 0. The molecule has 0 radical (unpaired) electrons. The van der Waals surface area contributed by atoms with E-state index in [0.717, 1.165) is 6.54 Å². The highest BCUT2D eigenvalue weighted by atomic mass is 32.1. The molecule has 2 heterocycles. The van der Waals surface area contributed by atoms with Crippen LogP contribution in [-0.2, 0) is 4.74 Å². The Morgan fingerprint density at radius 2 is 2.24 bits per heavy atom. The summed E-state index contributed by atoms with van der Waals surface area (Å²) in [5, 5.41) is 12.9. The first kappa shape index (κ1) is 13.0. The lowest BCUT2D eigenvalue weighted by Gasteiger charge is -2.40. The Kier molecular flexibility index (Phi) is 3.88. The fourth-order valence-corrected chi connectivity index (χ4v) is 3.22. The lowest BCUT2D eigenvalue weighted by atomic mass is 9.86. The van der Waals surface area contributed by atoms with Gasteiger partial charge >= 0.3 is 0 Å². The van der Waals surface area contributed by atoms with Crippen molar-refractivity contribution in [1.82, 2.24) is 5.32 Å². The van der Waals surface area contributed by atoms with Crippen molar-refractivity contribution in [2.45, 2.75) is 26.8 Å². The molecule has 1 atom stereocenters. The summed E-state index contributed by atoms with van der Waals surface area (Å²) in [5.41, 5.74) is 1.33. The van der Waals surface area contributed by atoms with Gasteiger partial charge < -0.3 is 15.2 Å². The van der Waals surface area contributed by atoms with E-state index >= 15 is 0 Å². The summed E-state index contributed by atoms with van der Waals surface area (Å²) in [6.45, 7) is 8.85. The number of aliphatic hydroxyl groups excluding tert-OH is 1. The van der Waals surface area contributed by atoms with Gasteiger partial charge in [0.15, 0.2) is 0 Å². The minimum atomic E-state index is -0.0484. The molecule has 1 saturated heterocycles. The van der Waals surface area contributed by atoms with Crippen molar-refractivity contribution in [2.24, 2.45) is 5.41 Å². The average Bonchev–Trinajstić information content (AvgIpc) is 2.57. The maximum atomic E-state index is 9.36. The normalized spacial score (nSPS) is 20.0. The van der Waals surface area contributed by atoms with Gasteiger partial charge in [-0.05, 0) is 32.4 Å². The number of nitrogens with one attached hydrogen (secondary N) is 1. The van der Waals surface area contributed by atoms with Crippen molar-refractivity contribution in [2.75, 3.05) is 26.4 Å². The smallest absolute Gasteiger partial charge is 0.0579 e. The van der Waals surface area contributed by atoms with Gasteiger partial charge in [0.25, 0.3) is 0 Å². The van der Waals surface area contributed by atoms with Crippen LogP contribution in [-0.4, -0.2) is 31.5 Å². The molecule has 1 aliphatic rings. The molecule has 0 aromatic carbocycles. The third-order valence-electron chi connectivity index (χ3n) is 3.48. The van der Waals surface area contributed by atoms with Gasteiger partial charge in [0, 0.05) is 22.3 Å². The highest BCUT2D eigenvalue weighted by Crippen LogP contribution is 2.29. The molecule has 4 heteroatoms. The molecule has 3 nitrogen and oxygen atoms in total. The lowest BCUT2D eigenvalue weighted by Crippen LogP contribution is -2.52. The van der Waals surface area contributed by atoms with E-state index in [2.05, 4.69) is 32.2 Å². The van der Waals surface area contributed by atoms with Crippen LogP contribution in [0.5, 0.6) is 0 Å². The van der Waals surface area contributed by atoms with E-state index in [-0.39, 0.29) is 12.0 Å². The van der Waals surface area contributed by atoms with Crippen molar-refractivity contribution in [3.05, 3.63) is 21.4 Å². The second kappa shape index (κ2) is 5.06. The van der Waals surface area contributed by atoms with Crippen molar-refractivity contribution < 1.29 is 9.84 Å². The van der Waals surface area contributed by atoms with Crippen molar-refractivity contribution in [3.63, 3.8) is 0 Å². The van der Waals surface area contributed by atoms with Gasteiger partial charge in [-0.25, -0.2) is 0 Å². The molecule has 0 aliphatic carbocycles. The summed E-state index contributed by atoms with van der Waals surface area (Å²) >= 11 is 1.84. The van der Waals surface area contributed by atoms with Gasteiger partial charge in [-0.2, -0.15) is 0 Å². The van der Waals surface area contributed by atoms with E-state index in [9.17, 15) is 5.11 Å². The SMILES string of the molecule is Cc1cc(C(C)NCC2(CO)COC2)c(C)s1. The average molecular weight is 255 g/mol. The van der Waals surface area contributed by atoms with E-state index in [0.29, 0.717) is 19.3 Å². The molecule has 1 aromatic heterocycles. The maximum Gasteiger partial charge on any atom is 0.0579 e. The molecule has 0 amide bonds. The standard InChI is InChI=1S/C13H21NO2S/c1-9-4-12(11(3)17-9)10(2)14-5-13(6-15)7-16-8-13/h4,10,14-15H,5-8H2,1-3H3. The van der Waals surface area contributed by atoms with Crippen molar-refractivity contribution in [3.8, 4) is 0 Å². The third-order valence-corrected chi connectivity index (χ3v) is 4.46. The van der Waals surface area contributed by atoms with Crippen molar-refractivity contribution in [1.29, 1.82) is 0 Å². The molecule has 17 heavy (non-hydrogen) atoms. The number of thiophene rings is 1. The number of rotatable bonds is 5. The number of hydrogen-bond donors (Lipinski definition) is 2. The number of ether oxygens (including phenoxy) is 1. The van der Waals surface area contributed by atoms with Crippen LogP contribution >= 0.6 is 11.3 Å². The molecule has 2 rings (SSSR count). The topological polar surface area (TPSA) is 41.5 Å². The second-order valence-electron chi connectivity index (χ2n) is 5.12. The van der Waals surface area contributed by atoms with Crippen molar-refractivity contribution >= 4 is 11.3 Å². The van der Waals surface area contributed by atoms with Gasteiger partial charge in [-0.1, -0.05) is 0 Å². The Morgan fingerprint density at radius 3 is 2.65 bits per heavy atom. The number of hydrogen-bond acceptors (Lipinski definition) is 4. The van der Waals surface area contributed by atoms with Gasteiger partial charge in [-0.15, -0.1) is 11.3 Å². The first-order valence-corrected chi connectivity index (χ1v) is 6.87. The first-order valence-electron chi connectivity index (χ1n) is 6.05. The fraction of sp³-hybridized carbons (Fsp3) is 0.692. The largest absolute Gasteiger partial charge is 0.396 e. The van der Waals surface area contributed by atoms with E-state index in [1.165, 1.54) is 15.3 Å². The third kappa shape index (κ3) is 2.71. The Balaban J connectivity index is 1.93. The van der Waals surface area contributed by atoms with Gasteiger partial charge in [0.2, 0.25) is 0 Å². The van der Waals surface area contributed by atoms with Crippen LogP contribution in [0.4, 0.5) is 0 Å². The van der Waals surface area contributed by atoms with Crippen LogP contribution in [0.1, 0.15) is 28.3 Å². The highest BCUT2D eigenvalue weighted by molar-refractivity contribution is 7.12. The predicted molar refractivity (Wildman–Crippen MR) is 70.5 cm³/mol. The van der Waals surface area contributed by atoms with E-state index in [1.807, 2.05) is 11.3 Å². The second-order valence-corrected chi connectivity index (χ2v) is 6.58. The minimum absolute atomic E-state index is 0.0484. The van der Waals surface area contributed by atoms with Crippen LogP contribution in [0.15, 0.2) is 6.07 Å². The maximum absolute atomic E-state index is 9.36. The summed E-state index contributed by atoms with van der Waals surface area (Å²) in [7, 11) is 0. The zero-order chi connectivity index (χ0) is 12.5. The van der Waals surface area contributed by atoms with Crippen LogP contribution in [0.3, 0.4) is 0 Å². The van der Waals surface area contributed by atoms with E-state index in [1.54, 1.807) is 0 Å². The van der Waals surface area contributed by atoms with Crippen LogP contribution in [0.25, 0.3) is 0 Å². The Morgan fingerprint density at radius 1 is 1.53 bits per heavy atom. The van der Waals surface area contributed by atoms with E-state index < -0.39 is 0 Å². The minimum Gasteiger partial charge on any atom is -0.396 e. The highest BCUT2D eigenvalue weighted by Gasteiger charge is 2.38. The monoisotopic (exact) mass is 255 g/mol. The van der Waals surface area contributed by atoms with E-state index in [4.69, 9.17) is 4.74 Å². The fourth-order valence-electron chi connectivity index (χ4n) is 2.20. The molecule has 0 spiro atoms. The summed E-state index contributed by atoms with van der Waals surface area (Å²) in [6, 6.07) is 2.59. The molecule has 1 fully saturated rings. The summed E-state index contributed by atoms with van der Waals surface area (Å²) in [5.74, 6) is 0.